The Morgan fingerprint density at radius 3 is 2.84 bits per heavy atom. The van der Waals surface area contributed by atoms with Gasteiger partial charge in [-0.1, -0.05) is 18.2 Å². The van der Waals surface area contributed by atoms with Gasteiger partial charge in [-0.3, -0.25) is 4.79 Å². The van der Waals surface area contributed by atoms with Crippen LogP contribution in [0.2, 0.25) is 0 Å². The molecule has 1 aromatic carbocycles. The summed E-state index contributed by atoms with van der Waals surface area (Å²) in [6, 6.07) is 7.44. The summed E-state index contributed by atoms with van der Waals surface area (Å²) in [7, 11) is 1.64. The number of hydrogen-bond donors (Lipinski definition) is 2. The zero-order valence-corrected chi connectivity index (χ0v) is 14.8. The molecule has 1 aliphatic rings. The number of methoxy groups -OCH3 is 1. The van der Waals surface area contributed by atoms with Gasteiger partial charge in [0.05, 0.1) is 24.8 Å². The molecule has 7 heteroatoms. The predicted molar refractivity (Wildman–Crippen MR) is 92.3 cm³/mol. The summed E-state index contributed by atoms with van der Waals surface area (Å²) in [6.45, 7) is 4.35. The summed E-state index contributed by atoms with van der Waals surface area (Å²) in [5, 5.41) is 17.7. The Bertz CT molecular complexity index is 764. The second-order valence-electron chi connectivity index (χ2n) is 6.97. The number of hydrogen-bond acceptors (Lipinski definition) is 5. The van der Waals surface area contributed by atoms with Crippen molar-refractivity contribution in [2.45, 2.75) is 44.9 Å². The van der Waals surface area contributed by atoms with E-state index in [-0.39, 0.29) is 11.9 Å². The number of carbonyl (C=O) groups excluding carboxylic acids is 1. The van der Waals surface area contributed by atoms with Crippen molar-refractivity contribution in [1.82, 2.24) is 20.1 Å². The van der Waals surface area contributed by atoms with Crippen LogP contribution in [0, 0.1) is 0 Å². The molecule has 1 atom stereocenters. The fourth-order valence-electron chi connectivity index (χ4n) is 3.03. The van der Waals surface area contributed by atoms with Crippen LogP contribution in [0.3, 0.4) is 0 Å². The molecule has 0 unspecified atom stereocenters. The first-order valence-electron chi connectivity index (χ1n) is 8.41. The molecule has 0 saturated carbocycles. The van der Waals surface area contributed by atoms with Gasteiger partial charge in [0.25, 0.3) is 5.91 Å². The predicted octanol–water partition coefficient (Wildman–Crippen LogP) is 1.27. The van der Waals surface area contributed by atoms with Crippen molar-refractivity contribution < 1.29 is 14.6 Å². The second-order valence-corrected chi connectivity index (χ2v) is 6.97. The molecule has 1 aromatic heterocycles. The third kappa shape index (κ3) is 4.05. The maximum atomic E-state index is 12.1. The molecule has 0 bridgehead atoms. The van der Waals surface area contributed by atoms with Gasteiger partial charge in [0.1, 0.15) is 5.82 Å². The molecule has 7 nitrogen and oxygen atoms in total. The smallest absolute Gasteiger partial charge is 0.252 e. The van der Waals surface area contributed by atoms with E-state index >= 15 is 0 Å². The van der Waals surface area contributed by atoms with E-state index in [1.807, 2.05) is 24.3 Å². The van der Waals surface area contributed by atoms with Crippen molar-refractivity contribution in [2.75, 3.05) is 13.7 Å². The average molecular weight is 344 g/mol. The SMILES string of the molecule is COCCc1nc(C[C@@H]2NC(=O)c3ccccc32)n(CC(C)(C)O)n1. The van der Waals surface area contributed by atoms with Crippen LogP contribution in [0.25, 0.3) is 0 Å². The Kier molecular flexibility index (Phi) is 4.87. The number of benzene rings is 1. The van der Waals surface area contributed by atoms with Gasteiger partial charge in [0, 0.05) is 25.5 Å². The summed E-state index contributed by atoms with van der Waals surface area (Å²) in [6.07, 6.45) is 1.13. The summed E-state index contributed by atoms with van der Waals surface area (Å²) < 4.78 is 6.83. The van der Waals surface area contributed by atoms with Crippen molar-refractivity contribution in [3.63, 3.8) is 0 Å². The van der Waals surface area contributed by atoms with Gasteiger partial charge in [-0.05, 0) is 25.5 Å². The van der Waals surface area contributed by atoms with Crippen LogP contribution in [0.5, 0.6) is 0 Å². The quantitative estimate of drug-likeness (QED) is 0.789. The summed E-state index contributed by atoms with van der Waals surface area (Å²) in [4.78, 5) is 16.7. The number of nitrogens with zero attached hydrogens (tertiary/aromatic N) is 3. The van der Waals surface area contributed by atoms with Crippen molar-refractivity contribution in [3.05, 3.63) is 47.0 Å². The Hall–Kier alpha value is -2.25. The minimum absolute atomic E-state index is 0.0613. The van der Waals surface area contributed by atoms with Gasteiger partial charge in [0.2, 0.25) is 0 Å². The third-order valence-electron chi connectivity index (χ3n) is 4.13. The molecule has 2 N–H and O–H groups in total. The lowest BCUT2D eigenvalue weighted by Gasteiger charge is -2.19. The molecular weight excluding hydrogens is 320 g/mol. The largest absolute Gasteiger partial charge is 0.389 e. The normalized spacial score (nSPS) is 16.8. The maximum Gasteiger partial charge on any atom is 0.252 e. The molecule has 2 aromatic rings. The molecule has 134 valence electrons. The summed E-state index contributed by atoms with van der Waals surface area (Å²) in [5.41, 5.74) is 0.780. The Labute approximate surface area is 147 Å². The number of amides is 1. The van der Waals surface area contributed by atoms with Crippen LogP contribution in [-0.4, -0.2) is 45.1 Å². The van der Waals surface area contributed by atoms with Crippen molar-refractivity contribution >= 4 is 5.91 Å². The minimum atomic E-state index is -0.905. The van der Waals surface area contributed by atoms with Crippen LogP contribution in [0.1, 0.15) is 47.5 Å². The van der Waals surface area contributed by atoms with Crippen LogP contribution in [-0.2, 0) is 24.1 Å². The number of aromatic nitrogens is 3. The highest BCUT2D eigenvalue weighted by atomic mass is 16.5. The molecule has 0 fully saturated rings. The Morgan fingerprint density at radius 2 is 2.12 bits per heavy atom. The molecule has 3 rings (SSSR count). The Balaban J connectivity index is 1.86. The molecule has 0 radical (unpaired) electrons. The maximum absolute atomic E-state index is 12.1. The number of carbonyl (C=O) groups is 1. The number of aliphatic hydroxyl groups is 1. The van der Waals surface area contributed by atoms with Gasteiger partial charge in [-0.2, -0.15) is 5.10 Å². The second kappa shape index (κ2) is 6.93. The van der Waals surface area contributed by atoms with E-state index in [9.17, 15) is 9.90 Å². The number of nitrogens with one attached hydrogen (secondary N) is 1. The molecule has 0 spiro atoms. The first-order valence-corrected chi connectivity index (χ1v) is 8.41. The number of fused-ring (bicyclic) bond motifs is 1. The van der Waals surface area contributed by atoms with Gasteiger partial charge < -0.3 is 15.2 Å². The Morgan fingerprint density at radius 1 is 1.36 bits per heavy atom. The van der Waals surface area contributed by atoms with Crippen molar-refractivity contribution in [1.29, 1.82) is 0 Å². The van der Waals surface area contributed by atoms with Crippen molar-refractivity contribution in [3.8, 4) is 0 Å². The summed E-state index contributed by atoms with van der Waals surface area (Å²) in [5.74, 6) is 1.36. The fraction of sp³-hybridized carbons (Fsp3) is 0.500. The van der Waals surface area contributed by atoms with Crippen LogP contribution in [0.15, 0.2) is 24.3 Å². The van der Waals surface area contributed by atoms with Crippen LogP contribution in [0.4, 0.5) is 0 Å². The van der Waals surface area contributed by atoms with E-state index in [1.54, 1.807) is 25.6 Å². The van der Waals surface area contributed by atoms with Gasteiger partial charge >= 0.3 is 0 Å². The van der Waals surface area contributed by atoms with E-state index < -0.39 is 5.60 Å². The van der Waals surface area contributed by atoms with E-state index in [2.05, 4.69) is 15.4 Å². The lowest BCUT2D eigenvalue weighted by atomic mass is 10.0. The number of ether oxygens (including phenoxy) is 1. The first-order chi connectivity index (χ1) is 11.9. The average Bonchev–Trinajstić information content (AvgIpc) is 3.06. The zero-order valence-electron chi connectivity index (χ0n) is 14.8. The fourth-order valence-corrected chi connectivity index (χ4v) is 3.03. The topological polar surface area (TPSA) is 89.3 Å². The van der Waals surface area contributed by atoms with Crippen molar-refractivity contribution in [2.24, 2.45) is 0 Å². The molecule has 25 heavy (non-hydrogen) atoms. The van der Waals surface area contributed by atoms with E-state index in [0.29, 0.717) is 37.4 Å². The highest BCUT2D eigenvalue weighted by Crippen LogP contribution is 2.27. The van der Waals surface area contributed by atoms with Gasteiger partial charge in [-0.25, -0.2) is 9.67 Å². The zero-order chi connectivity index (χ0) is 18.0. The molecule has 1 amide bonds. The molecule has 1 aliphatic heterocycles. The molecule has 0 aliphatic carbocycles. The minimum Gasteiger partial charge on any atom is -0.389 e. The van der Waals surface area contributed by atoms with Gasteiger partial charge in [0.15, 0.2) is 5.82 Å². The lowest BCUT2D eigenvalue weighted by molar-refractivity contribution is 0.0563. The first kappa shape index (κ1) is 17.6. The van der Waals surface area contributed by atoms with Gasteiger partial charge in [-0.15, -0.1) is 0 Å². The van der Waals surface area contributed by atoms with Crippen LogP contribution >= 0.6 is 0 Å². The van der Waals surface area contributed by atoms with E-state index in [1.165, 1.54) is 0 Å². The van der Waals surface area contributed by atoms with Crippen LogP contribution < -0.4 is 5.32 Å². The van der Waals surface area contributed by atoms with E-state index in [0.717, 1.165) is 11.4 Å². The summed E-state index contributed by atoms with van der Waals surface area (Å²) >= 11 is 0. The third-order valence-corrected chi connectivity index (χ3v) is 4.13. The van der Waals surface area contributed by atoms with E-state index in [4.69, 9.17) is 4.74 Å². The monoisotopic (exact) mass is 344 g/mol. The molecular formula is C18H24N4O3. The standard InChI is InChI=1S/C18H24N4O3/c1-18(2,24)11-22-16(20-15(21-22)8-9-25-3)10-14-12-6-4-5-7-13(12)17(23)19-14/h4-7,14,24H,8-11H2,1-3H3,(H,19,23)/t14-/m0/s1. The highest BCUT2D eigenvalue weighted by Gasteiger charge is 2.30. The number of rotatable bonds is 7. The lowest BCUT2D eigenvalue weighted by Crippen LogP contribution is -2.29. The molecule has 0 saturated heterocycles. The highest BCUT2D eigenvalue weighted by molar-refractivity contribution is 5.99. The molecule has 2 heterocycles.